The molecule has 1 aliphatic heterocycles. The lowest BCUT2D eigenvalue weighted by atomic mass is 10.0. The van der Waals surface area contributed by atoms with Crippen LogP contribution in [0.4, 0.5) is 5.69 Å². The fraction of sp³-hybridized carbons (Fsp3) is 0.286. The van der Waals surface area contributed by atoms with Gasteiger partial charge in [-0.05, 0) is 60.8 Å². The predicted octanol–water partition coefficient (Wildman–Crippen LogP) is 3.19. The number of nitrogens with zero attached hydrogens (tertiary/aromatic N) is 3. The van der Waals surface area contributed by atoms with Crippen LogP contribution in [0.1, 0.15) is 32.9 Å². The molecule has 3 aromatic rings. The number of amides is 1. The maximum atomic E-state index is 12.7. The van der Waals surface area contributed by atoms with Gasteiger partial charge in [0, 0.05) is 12.2 Å². The predicted molar refractivity (Wildman–Crippen MR) is 112 cm³/mol. The number of benzene rings is 2. The van der Waals surface area contributed by atoms with Crippen LogP contribution in [0.5, 0.6) is 5.75 Å². The minimum Gasteiger partial charge on any atom is -0.495 e. The molecule has 4 rings (SSSR count). The summed E-state index contributed by atoms with van der Waals surface area (Å²) in [6.45, 7) is 4.11. The maximum Gasteiger partial charge on any atom is 0.278 e. The van der Waals surface area contributed by atoms with E-state index in [0.717, 1.165) is 30.8 Å². The third-order valence-corrected chi connectivity index (χ3v) is 5.39. The third kappa shape index (κ3) is 4.11. The SMILES string of the molecule is COc1ccc(Cn2nnc(C(=O)Nc3ccc4c(c3)CCNC4)c2C)cc1Cl. The molecule has 150 valence electrons. The zero-order chi connectivity index (χ0) is 20.4. The van der Waals surface area contributed by atoms with Crippen LogP contribution < -0.4 is 15.4 Å². The molecule has 0 saturated carbocycles. The Morgan fingerprint density at radius 1 is 1.28 bits per heavy atom. The number of rotatable bonds is 5. The molecule has 2 heterocycles. The van der Waals surface area contributed by atoms with E-state index < -0.39 is 0 Å². The second-order valence-electron chi connectivity index (χ2n) is 7.01. The van der Waals surface area contributed by atoms with Crippen LogP contribution in [0, 0.1) is 6.92 Å². The third-order valence-electron chi connectivity index (χ3n) is 5.10. The molecule has 1 amide bonds. The molecule has 0 unspecified atom stereocenters. The minimum absolute atomic E-state index is 0.268. The molecule has 2 N–H and O–H groups in total. The van der Waals surface area contributed by atoms with Crippen molar-refractivity contribution in [3.63, 3.8) is 0 Å². The van der Waals surface area contributed by atoms with E-state index in [2.05, 4.69) is 20.9 Å². The van der Waals surface area contributed by atoms with Crippen LogP contribution in [-0.2, 0) is 19.5 Å². The first-order valence-corrected chi connectivity index (χ1v) is 9.79. The molecule has 0 radical (unpaired) electrons. The summed E-state index contributed by atoms with van der Waals surface area (Å²) in [5.41, 5.74) is 5.25. The van der Waals surface area contributed by atoms with Crippen molar-refractivity contribution in [3.8, 4) is 5.75 Å². The highest BCUT2D eigenvalue weighted by Crippen LogP contribution is 2.25. The van der Waals surface area contributed by atoms with Gasteiger partial charge in [-0.15, -0.1) is 5.10 Å². The van der Waals surface area contributed by atoms with Crippen LogP contribution in [0.3, 0.4) is 0 Å². The Bertz CT molecular complexity index is 1060. The number of carbonyl (C=O) groups excluding carboxylic acids is 1. The highest BCUT2D eigenvalue weighted by atomic mass is 35.5. The van der Waals surface area contributed by atoms with Crippen molar-refractivity contribution in [2.24, 2.45) is 0 Å². The normalized spacial score (nSPS) is 13.1. The number of nitrogens with one attached hydrogen (secondary N) is 2. The molecular formula is C21H22ClN5O2. The second kappa shape index (κ2) is 8.23. The Hall–Kier alpha value is -2.90. The zero-order valence-electron chi connectivity index (χ0n) is 16.3. The average Bonchev–Trinajstić information content (AvgIpc) is 3.08. The molecule has 0 bridgehead atoms. The van der Waals surface area contributed by atoms with Crippen molar-refractivity contribution >= 4 is 23.2 Å². The molecule has 0 spiro atoms. The summed E-state index contributed by atoms with van der Waals surface area (Å²) in [6, 6.07) is 11.5. The van der Waals surface area contributed by atoms with E-state index in [1.807, 2.05) is 43.3 Å². The molecule has 0 saturated heterocycles. The molecule has 1 aromatic heterocycles. The fourth-order valence-corrected chi connectivity index (χ4v) is 3.73. The first kappa shape index (κ1) is 19.4. The van der Waals surface area contributed by atoms with E-state index in [1.165, 1.54) is 11.1 Å². The first-order valence-electron chi connectivity index (χ1n) is 9.41. The Morgan fingerprint density at radius 2 is 2.14 bits per heavy atom. The van der Waals surface area contributed by atoms with Gasteiger partial charge in [0.2, 0.25) is 0 Å². The van der Waals surface area contributed by atoms with Gasteiger partial charge in [0.1, 0.15) is 5.75 Å². The van der Waals surface area contributed by atoms with E-state index in [0.29, 0.717) is 28.7 Å². The van der Waals surface area contributed by atoms with Crippen molar-refractivity contribution in [1.82, 2.24) is 20.3 Å². The number of aromatic nitrogens is 3. The van der Waals surface area contributed by atoms with Gasteiger partial charge in [-0.3, -0.25) is 4.79 Å². The van der Waals surface area contributed by atoms with Crippen molar-refractivity contribution < 1.29 is 9.53 Å². The Morgan fingerprint density at radius 3 is 2.93 bits per heavy atom. The number of halogens is 1. The van der Waals surface area contributed by atoms with E-state index in [4.69, 9.17) is 16.3 Å². The van der Waals surface area contributed by atoms with Gasteiger partial charge in [0.05, 0.1) is 24.4 Å². The van der Waals surface area contributed by atoms with Crippen molar-refractivity contribution in [1.29, 1.82) is 0 Å². The second-order valence-corrected chi connectivity index (χ2v) is 7.42. The molecule has 0 aliphatic carbocycles. The summed E-state index contributed by atoms with van der Waals surface area (Å²) in [4.78, 5) is 12.7. The van der Waals surface area contributed by atoms with Crippen LogP contribution in [0.2, 0.25) is 5.02 Å². The van der Waals surface area contributed by atoms with Gasteiger partial charge in [0.15, 0.2) is 5.69 Å². The number of fused-ring (bicyclic) bond motifs is 1. The summed E-state index contributed by atoms with van der Waals surface area (Å²) in [6.07, 6.45) is 0.957. The lowest BCUT2D eigenvalue weighted by Crippen LogP contribution is -2.23. The summed E-state index contributed by atoms with van der Waals surface area (Å²) < 4.78 is 6.86. The molecule has 7 nitrogen and oxygen atoms in total. The molecule has 0 fully saturated rings. The lowest BCUT2D eigenvalue weighted by Gasteiger charge is -2.18. The van der Waals surface area contributed by atoms with Crippen LogP contribution in [-0.4, -0.2) is 34.6 Å². The summed E-state index contributed by atoms with van der Waals surface area (Å²) in [7, 11) is 1.58. The monoisotopic (exact) mass is 411 g/mol. The smallest absolute Gasteiger partial charge is 0.278 e. The molecule has 29 heavy (non-hydrogen) atoms. The highest BCUT2D eigenvalue weighted by molar-refractivity contribution is 6.32. The van der Waals surface area contributed by atoms with Gasteiger partial charge >= 0.3 is 0 Å². The number of hydrogen-bond acceptors (Lipinski definition) is 5. The van der Waals surface area contributed by atoms with Gasteiger partial charge < -0.3 is 15.4 Å². The molecule has 0 atom stereocenters. The number of hydrogen-bond donors (Lipinski definition) is 2. The Balaban J connectivity index is 1.49. The van der Waals surface area contributed by atoms with Gasteiger partial charge in [0.25, 0.3) is 5.91 Å². The highest BCUT2D eigenvalue weighted by Gasteiger charge is 2.18. The van der Waals surface area contributed by atoms with Gasteiger partial charge in [-0.2, -0.15) is 0 Å². The summed E-state index contributed by atoms with van der Waals surface area (Å²) in [5, 5.41) is 15.0. The van der Waals surface area contributed by atoms with Crippen LogP contribution in [0.25, 0.3) is 0 Å². The van der Waals surface area contributed by atoms with Crippen molar-refractivity contribution in [3.05, 3.63) is 69.5 Å². The van der Waals surface area contributed by atoms with Gasteiger partial charge in [-0.1, -0.05) is 28.9 Å². The largest absolute Gasteiger partial charge is 0.495 e. The van der Waals surface area contributed by atoms with E-state index in [1.54, 1.807) is 11.8 Å². The van der Waals surface area contributed by atoms with E-state index in [-0.39, 0.29) is 5.91 Å². The number of methoxy groups -OCH3 is 1. The fourth-order valence-electron chi connectivity index (χ4n) is 3.45. The topological polar surface area (TPSA) is 81.1 Å². The standard InChI is InChI=1S/C21H22ClN5O2/c1-13-20(21(28)24-17-5-4-16-11-23-8-7-15(16)10-17)25-26-27(13)12-14-3-6-19(29-2)18(22)9-14/h3-6,9-10,23H,7-8,11-12H2,1-2H3,(H,24,28). The molecule has 2 aromatic carbocycles. The molecular weight excluding hydrogens is 390 g/mol. The number of carbonyl (C=O) groups is 1. The van der Waals surface area contributed by atoms with E-state index >= 15 is 0 Å². The summed E-state index contributed by atoms with van der Waals surface area (Å²) >= 11 is 6.19. The quantitative estimate of drug-likeness (QED) is 0.673. The minimum atomic E-state index is -0.268. The molecule has 8 heteroatoms. The lowest BCUT2D eigenvalue weighted by molar-refractivity contribution is 0.102. The number of ether oxygens (including phenoxy) is 1. The number of anilines is 1. The summed E-state index contributed by atoms with van der Waals surface area (Å²) in [5.74, 6) is 0.349. The van der Waals surface area contributed by atoms with Crippen LogP contribution in [0.15, 0.2) is 36.4 Å². The Labute approximate surface area is 174 Å². The maximum absolute atomic E-state index is 12.7. The zero-order valence-corrected chi connectivity index (χ0v) is 17.1. The Kier molecular flexibility index (Phi) is 5.51. The average molecular weight is 412 g/mol. The molecule has 1 aliphatic rings. The van der Waals surface area contributed by atoms with Crippen LogP contribution >= 0.6 is 11.6 Å². The van der Waals surface area contributed by atoms with Crippen molar-refractivity contribution in [2.45, 2.75) is 26.4 Å². The first-order chi connectivity index (χ1) is 14.0. The van der Waals surface area contributed by atoms with E-state index in [9.17, 15) is 4.79 Å². The van der Waals surface area contributed by atoms with Crippen molar-refractivity contribution in [2.75, 3.05) is 19.0 Å². The van der Waals surface area contributed by atoms with Gasteiger partial charge in [-0.25, -0.2) is 4.68 Å².